The molecule has 0 aromatic heterocycles. The topological polar surface area (TPSA) is 75.6 Å². The van der Waals surface area contributed by atoms with Gasteiger partial charge in [0.15, 0.2) is 0 Å². The van der Waals surface area contributed by atoms with Gasteiger partial charge in [-0.1, -0.05) is 72.8 Å². The van der Waals surface area contributed by atoms with Crippen LogP contribution in [0.1, 0.15) is 28.2 Å². The van der Waals surface area contributed by atoms with Crippen molar-refractivity contribution in [2.75, 3.05) is 6.61 Å². The summed E-state index contributed by atoms with van der Waals surface area (Å²) in [5.41, 5.74) is 6.37. The normalized spacial score (nSPS) is 13.2. The highest BCUT2D eigenvalue weighted by Gasteiger charge is 2.29. The van der Waals surface area contributed by atoms with Crippen molar-refractivity contribution in [3.05, 3.63) is 95.1 Å². The number of carbonyl (C=O) groups excluding carboxylic acids is 1. The molecule has 5 heteroatoms. The number of nitrogens with one attached hydrogen (secondary N) is 1. The van der Waals surface area contributed by atoms with Crippen LogP contribution in [-0.2, 0) is 16.0 Å². The van der Waals surface area contributed by atoms with Crippen molar-refractivity contribution in [2.24, 2.45) is 0 Å². The lowest BCUT2D eigenvalue weighted by Crippen LogP contribution is -2.43. The average molecular weight is 401 g/mol. The predicted octanol–water partition coefficient (Wildman–Crippen LogP) is 4.53. The van der Waals surface area contributed by atoms with E-state index in [1.807, 2.05) is 67.6 Å². The summed E-state index contributed by atoms with van der Waals surface area (Å²) < 4.78 is 5.47. The fourth-order valence-electron chi connectivity index (χ4n) is 4.04. The molecule has 0 spiro atoms. The van der Waals surface area contributed by atoms with Gasteiger partial charge in [0, 0.05) is 12.3 Å². The van der Waals surface area contributed by atoms with Gasteiger partial charge in [-0.25, -0.2) is 9.59 Å². The van der Waals surface area contributed by atoms with E-state index >= 15 is 0 Å². The van der Waals surface area contributed by atoms with Crippen LogP contribution in [0.4, 0.5) is 4.79 Å². The number of ether oxygens (including phenoxy) is 1. The molecule has 1 unspecified atom stereocenters. The van der Waals surface area contributed by atoms with Crippen molar-refractivity contribution in [1.29, 1.82) is 0 Å². The number of fused-ring (bicyclic) bond motifs is 3. The van der Waals surface area contributed by atoms with E-state index in [1.54, 1.807) is 0 Å². The molecule has 4 rings (SSSR count). The SMILES string of the molecule is Cc1ccccc1CC(NC(=O)OCC1c2ccccc2-c2ccccc21)C(=O)O. The lowest BCUT2D eigenvalue weighted by atomic mass is 9.98. The average Bonchev–Trinajstić information content (AvgIpc) is 3.07. The summed E-state index contributed by atoms with van der Waals surface area (Å²) in [7, 11) is 0. The molecular formula is C25H23NO4. The van der Waals surface area contributed by atoms with Crippen LogP contribution in [0, 0.1) is 6.92 Å². The summed E-state index contributed by atoms with van der Waals surface area (Å²) >= 11 is 0. The van der Waals surface area contributed by atoms with Crippen LogP contribution < -0.4 is 5.32 Å². The molecule has 0 saturated carbocycles. The number of amides is 1. The second-order valence-electron chi connectivity index (χ2n) is 7.49. The number of hydrogen-bond donors (Lipinski definition) is 2. The standard InChI is InChI=1S/C25H23NO4/c1-16-8-2-3-9-17(16)14-23(24(27)28)26-25(29)30-15-22-20-12-6-4-10-18(20)19-11-5-7-13-21(19)22/h2-13,22-23H,14-15H2,1H3,(H,26,29)(H,27,28). The first kappa shape index (κ1) is 19.7. The fraction of sp³-hybridized carbons (Fsp3) is 0.200. The van der Waals surface area contributed by atoms with E-state index in [2.05, 4.69) is 17.4 Å². The molecule has 0 fully saturated rings. The highest BCUT2D eigenvalue weighted by molar-refractivity contribution is 5.81. The van der Waals surface area contributed by atoms with Gasteiger partial charge in [0.1, 0.15) is 12.6 Å². The van der Waals surface area contributed by atoms with Gasteiger partial charge < -0.3 is 15.2 Å². The molecule has 0 heterocycles. The van der Waals surface area contributed by atoms with E-state index in [0.29, 0.717) is 0 Å². The summed E-state index contributed by atoms with van der Waals surface area (Å²) in [4.78, 5) is 24.1. The Labute approximate surface area is 175 Å². The zero-order valence-electron chi connectivity index (χ0n) is 16.7. The third-order valence-electron chi connectivity index (χ3n) is 5.62. The van der Waals surface area contributed by atoms with Gasteiger partial charge in [-0.15, -0.1) is 0 Å². The largest absolute Gasteiger partial charge is 0.480 e. The summed E-state index contributed by atoms with van der Waals surface area (Å²) in [6.45, 7) is 2.07. The fourth-order valence-corrected chi connectivity index (χ4v) is 4.04. The van der Waals surface area contributed by atoms with Crippen LogP contribution >= 0.6 is 0 Å². The molecule has 1 aliphatic rings. The van der Waals surface area contributed by atoms with Gasteiger partial charge >= 0.3 is 12.1 Å². The molecule has 1 atom stereocenters. The molecule has 3 aromatic rings. The third kappa shape index (κ3) is 3.92. The van der Waals surface area contributed by atoms with Crippen molar-refractivity contribution in [2.45, 2.75) is 25.3 Å². The van der Waals surface area contributed by atoms with Crippen molar-refractivity contribution in [3.63, 3.8) is 0 Å². The molecular weight excluding hydrogens is 378 g/mol. The lowest BCUT2D eigenvalue weighted by molar-refractivity contribution is -0.139. The van der Waals surface area contributed by atoms with Gasteiger partial charge in [0.25, 0.3) is 0 Å². The second-order valence-corrected chi connectivity index (χ2v) is 7.49. The van der Waals surface area contributed by atoms with Crippen LogP contribution in [-0.4, -0.2) is 29.8 Å². The minimum Gasteiger partial charge on any atom is -0.480 e. The van der Waals surface area contributed by atoms with Gasteiger partial charge in [-0.05, 0) is 40.3 Å². The van der Waals surface area contributed by atoms with E-state index in [4.69, 9.17) is 4.74 Å². The first-order valence-electron chi connectivity index (χ1n) is 9.93. The molecule has 0 bridgehead atoms. The predicted molar refractivity (Wildman–Crippen MR) is 115 cm³/mol. The first-order chi connectivity index (χ1) is 14.5. The number of carbonyl (C=O) groups is 2. The van der Waals surface area contributed by atoms with E-state index in [0.717, 1.165) is 33.4 Å². The quantitative estimate of drug-likeness (QED) is 0.636. The van der Waals surface area contributed by atoms with Gasteiger partial charge in [-0.2, -0.15) is 0 Å². The Balaban J connectivity index is 1.44. The number of carboxylic acid groups (broad SMARTS) is 1. The Bertz CT molecular complexity index is 1050. The summed E-state index contributed by atoms with van der Waals surface area (Å²) in [5, 5.41) is 12.0. The molecule has 30 heavy (non-hydrogen) atoms. The Kier molecular flexibility index (Phi) is 5.53. The van der Waals surface area contributed by atoms with Crippen molar-refractivity contribution in [1.82, 2.24) is 5.32 Å². The minimum atomic E-state index is -1.09. The number of carboxylic acids is 1. The van der Waals surface area contributed by atoms with Crippen molar-refractivity contribution >= 4 is 12.1 Å². The maximum absolute atomic E-state index is 12.4. The van der Waals surface area contributed by atoms with Crippen LogP contribution in [0.5, 0.6) is 0 Å². The molecule has 0 radical (unpaired) electrons. The van der Waals surface area contributed by atoms with Crippen LogP contribution in [0.2, 0.25) is 0 Å². The summed E-state index contributed by atoms with van der Waals surface area (Å²) in [6.07, 6.45) is -0.524. The lowest BCUT2D eigenvalue weighted by Gasteiger charge is -2.18. The molecule has 0 saturated heterocycles. The zero-order chi connectivity index (χ0) is 21.1. The molecule has 3 aromatic carbocycles. The van der Waals surface area contributed by atoms with Gasteiger partial charge in [0.05, 0.1) is 0 Å². The monoisotopic (exact) mass is 401 g/mol. The molecule has 152 valence electrons. The van der Waals surface area contributed by atoms with E-state index in [1.165, 1.54) is 0 Å². The Morgan fingerprint density at radius 3 is 2.10 bits per heavy atom. The molecule has 1 aliphatic carbocycles. The van der Waals surface area contributed by atoms with Gasteiger partial charge in [-0.3, -0.25) is 0 Å². The Morgan fingerprint density at radius 1 is 0.933 bits per heavy atom. The maximum Gasteiger partial charge on any atom is 0.407 e. The second kappa shape index (κ2) is 8.41. The number of alkyl carbamates (subject to hydrolysis) is 1. The number of aryl methyl sites for hydroxylation is 1. The number of rotatable bonds is 6. The first-order valence-corrected chi connectivity index (χ1v) is 9.93. The summed E-state index contributed by atoms with van der Waals surface area (Å²) in [5.74, 6) is -1.16. The molecule has 0 aliphatic heterocycles. The Hall–Kier alpha value is -3.60. The van der Waals surface area contributed by atoms with Crippen LogP contribution in [0.15, 0.2) is 72.8 Å². The number of aliphatic carboxylic acids is 1. The van der Waals surface area contributed by atoms with E-state index in [-0.39, 0.29) is 18.9 Å². The molecule has 2 N–H and O–H groups in total. The highest BCUT2D eigenvalue weighted by Crippen LogP contribution is 2.44. The van der Waals surface area contributed by atoms with Crippen molar-refractivity contribution in [3.8, 4) is 11.1 Å². The smallest absolute Gasteiger partial charge is 0.407 e. The van der Waals surface area contributed by atoms with Crippen LogP contribution in [0.3, 0.4) is 0 Å². The molecule has 5 nitrogen and oxygen atoms in total. The van der Waals surface area contributed by atoms with Gasteiger partial charge in [0.2, 0.25) is 0 Å². The van der Waals surface area contributed by atoms with E-state index < -0.39 is 18.1 Å². The van der Waals surface area contributed by atoms with E-state index in [9.17, 15) is 14.7 Å². The number of hydrogen-bond acceptors (Lipinski definition) is 3. The van der Waals surface area contributed by atoms with Crippen molar-refractivity contribution < 1.29 is 19.4 Å². The zero-order valence-corrected chi connectivity index (χ0v) is 16.7. The Morgan fingerprint density at radius 2 is 1.50 bits per heavy atom. The summed E-state index contributed by atoms with van der Waals surface area (Å²) in [6, 6.07) is 22.6. The molecule has 1 amide bonds. The minimum absolute atomic E-state index is 0.0669. The third-order valence-corrected chi connectivity index (χ3v) is 5.62. The maximum atomic E-state index is 12.4. The number of benzene rings is 3. The highest BCUT2D eigenvalue weighted by atomic mass is 16.5. The van der Waals surface area contributed by atoms with Crippen LogP contribution in [0.25, 0.3) is 11.1 Å².